The zero-order chi connectivity index (χ0) is 11.8. The van der Waals surface area contributed by atoms with Crippen molar-refractivity contribution < 1.29 is 4.74 Å². The van der Waals surface area contributed by atoms with Crippen molar-refractivity contribution >= 4 is 15.9 Å². The molecule has 1 atom stereocenters. The lowest BCUT2D eigenvalue weighted by atomic mass is 10.2. The highest BCUT2D eigenvalue weighted by Crippen LogP contribution is 2.12. The summed E-state index contributed by atoms with van der Waals surface area (Å²) in [5, 5.41) is 3.14. The maximum absolute atomic E-state index is 5.77. The number of nitrogens with one attached hydrogen (secondary N) is 1. The van der Waals surface area contributed by atoms with Gasteiger partial charge in [0.15, 0.2) is 0 Å². The van der Waals surface area contributed by atoms with Crippen LogP contribution in [0.4, 0.5) is 0 Å². The van der Waals surface area contributed by atoms with Gasteiger partial charge in [0.2, 0.25) is 0 Å². The maximum Gasteiger partial charge on any atom is 0.0720 e. The number of hydrogen-bond acceptors (Lipinski definition) is 2. The van der Waals surface area contributed by atoms with Crippen molar-refractivity contribution in [2.75, 3.05) is 13.6 Å². The van der Waals surface area contributed by atoms with Gasteiger partial charge in [0.05, 0.1) is 12.7 Å². The largest absolute Gasteiger partial charge is 0.374 e. The third kappa shape index (κ3) is 5.64. The van der Waals surface area contributed by atoms with Crippen LogP contribution in [-0.4, -0.2) is 19.7 Å². The first-order valence-electron chi connectivity index (χ1n) is 5.73. The van der Waals surface area contributed by atoms with Crippen molar-refractivity contribution in [1.82, 2.24) is 5.32 Å². The molecular weight excluding hydrogens is 266 g/mol. The minimum absolute atomic E-state index is 0.331. The fourth-order valence-electron chi connectivity index (χ4n) is 1.47. The first kappa shape index (κ1) is 13.7. The second kappa shape index (κ2) is 7.82. The van der Waals surface area contributed by atoms with Crippen molar-refractivity contribution in [3.63, 3.8) is 0 Å². The predicted molar refractivity (Wildman–Crippen MR) is 71.6 cm³/mol. The molecule has 2 nitrogen and oxygen atoms in total. The second-order valence-electron chi connectivity index (χ2n) is 3.99. The van der Waals surface area contributed by atoms with Crippen LogP contribution in [0.5, 0.6) is 0 Å². The van der Waals surface area contributed by atoms with Crippen LogP contribution >= 0.6 is 15.9 Å². The normalized spacial score (nSPS) is 12.7. The van der Waals surface area contributed by atoms with Gasteiger partial charge in [-0.3, -0.25) is 0 Å². The fraction of sp³-hybridized carbons (Fsp3) is 0.538. The topological polar surface area (TPSA) is 21.3 Å². The highest BCUT2D eigenvalue weighted by atomic mass is 79.9. The molecule has 0 aliphatic rings. The van der Waals surface area contributed by atoms with E-state index < -0.39 is 0 Å². The second-order valence-corrected chi connectivity index (χ2v) is 4.91. The molecule has 0 fully saturated rings. The van der Waals surface area contributed by atoms with Crippen molar-refractivity contribution in [2.24, 2.45) is 0 Å². The lowest BCUT2D eigenvalue weighted by molar-refractivity contribution is 0.0464. The summed E-state index contributed by atoms with van der Waals surface area (Å²) in [7, 11) is 1.98. The Morgan fingerprint density at radius 3 is 2.62 bits per heavy atom. The summed E-state index contributed by atoms with van der Waals surface area (Å²) in [6.07, 6.45) is 2.60. The highest BCUT2D eigenvalue weighted by Gasteiger charge is 2.02. The van der Waals surface area contributed by atoms with E-state index in [2.05, 4.69) is 40.3 Å². The number of halogens is 1. The summed E-state index contributed by atoms with van der Waals surface area (Å²) >= 11 is 3.42. The molecule has 90 valence electrons. The number of benzene rings is 1. The van der Waals surface area contributed by atoms with E-state index in [9.17, 15) is 0 Å². The molecule has 0 saturated heterocycles. The Morgan fingerprint density at radius 2 is 2.00 bits per heavy atom. The quantitative estimate of drug-likeness (QED) is 0.776. The van der Waals surface area contributed by atoms with E-state index in [0.717, 1.165) is 23.9 Å². The van der Waals surface area contributed by atoms with Gasteiger partial charge < -0.3 is 10.1 Å². The standard InChI is InChI=1S/C13H20BrNO/c1-11(4-3-9-15-2)16-10-12-5-7-13(14)8-6-12/h5-8,11,15H,3-4,9-10H2,1-2H3. The lowest BCUT2D eigenvalue weighted by Gasteiger charge is -2.12. The van der Waals surface area contributed by atoms with Gasteiger partial charge in [-0.2, -0.15) is 0 Å². The van der Waals surface area contributed by atoms with Gasteiger partial charge in [0, 0.05) is 4.47 Å². The molecule has 16 heavy (non-hydrogen) atoms. The van der Waals surface area contributed by atoms with E-state index in [1.165, 1.54) is 5.56 Å². The van der Waals surface area contributed by atoms with E-state index in [-0.39, 0.29) is 0 Å². The molecule has 0 radical (unpaired) electrons. The van der Waals surface area contributed by atoms with Crippen molar-refractivity contribution in [3.05, 3.63) is 34.3 Å². The molecule has 0 bridgehead atoms. The third-order valence-electron chi connectivity index (χ3n) is 2.49. The first-order valence-corrected chi connectivity index (χ1v) is 6.52. The molecule has 0 aliphatic heterocycles. The summed E-state index contributed by atoms with van der Waals surface area (Å²) in [6.45, 7) is 3.90. The maximum atomic E-state index is 5.77. The van der Waals surface area contributed by atoms with Crippen LogP contribution in [0.2, 0.25) is 0 Å². The number of rotatable bonds is 7. The van der Waals surface area contributed by atoms with E-state index in [1.54, 1.807) is 0 Å². The summed E-state index contributed by atoms with van der Waals surface area (Å²) in [6, 6.07) is 8.27. The van der Waals surface area contributed by atoms with Gasteiger partial charge >= 0.3 is 0 Å². The summed E-state index contributed by atoms with van der Waals surface area (Å²) < 4.78 is 6.88. The molecule has 1 N–H and O–H groups in total. The average molecular weight is 286 g/mol. The Morgan fingerprint density at radius 1 is 1.31 bits per heavy atom. The SMILES string of the molecule is CNCCCC(C)OCc1ccc(Br)cc1. The summed E-state index contributed by atoms with van der Waals surface area (Å²) in [5.74, 6) is 0. The van der Waals surface area contributed by atoms with Crippen LogP contribution in [0.25, 0.3) is 0 Å². The van der Waals surface area contributed by atoms with Gasteiger partial charge in [-0.15, -0.1) is 0 Å². The molecule has 1 aromatic rings. The molecule has 1 rings (SSSR count). The average Bonchev–Trinajstić information content (AvgIpc) is 2.29. The van der Waals surface area contributed by atoms with Gasteiger partial charge in [-0.25, -0.2) is 0 Å². The molecule has 1 aromatic carbocycles. The molecule has 0 aromatic heterocycles. The van der Waals surface area contributed by atoms with E-state index in [4.69, 9.17) is 4.74 Å². The highest BCUT2D eigenvalue weighted by molar-refractivity contribution is 9.10. The molecule has 0 heterocycles. The smallest absolute Gasteiger partial charge is 0.0720 e. The number of ether oxygens (including phenoxy) is 1. The Balaban J connectivity index is 2.20. The zero-order valence-electron chi connectivity index (χ0n) is 10.0. The summed E-state index contributed by atoms with van der Waals surface area (Å²) in [4.78, 5) is 0. The fourth-order valence-corrected chi connectivity index (χ4v) is 1.73. The minimum atomic E-state index is 0.331. The van der Waals surface area contributed by atoms with Crippen LogP contribution in [0.15, 0.2) is 28.7 Å². The Hall–Kier alpha value is -0.380. The summed E-state index contributed by atoms with van der Waals surface area (Å²) in [5.41, 5.74) is 1.23. The van der Waals surface area contributed by atoms with Crippen LogP contribution < -0.4 is 5.32 Å². The minimum Gasteiger partial charge on any atom is -0.374 e. The van der Waals surface area contributed by atoms with Crippen LogP contribution in [0.3, 0.4) is 0 Å². The van der Waals surface area contributed by atoms with Crippen LogP contribution in [0.1, 0.15) is 25.3 Å². The van der Waals surface area contributed by atoms with Gasteiger partial charge in [-0.1, -0.05) is 28.1 Å². The van der Waals surface area contributed by atoms with Crippen LogP contribution in [-0.2, 0) is 11.3 Å². The van der Waals surface area contributed by atoms with Crippen molar-refractivity contribution in [1.29, 1.82) is 0 Å². The van der Waals surface area contributed by atoms with E-state index >= 15 is 0 Å². The van der Waals surface area contributed by atoms with E-state index in [1.807, 2.05) is 19.2 Å². The Labute approximate surface area is 107 Å². The number of hydrogen-bond donors (Lipinski definition) is 1. The van der Waals surface area contributed by atoms with Crippen molar-refractivity contribution in [3.8, 4) is 0 Å². The first-order chi connectivity index (χ1) is 7.72. The molecule has 0 spiro atoms. The lowest BCUT2D eigenvalue weighted by Crippen LogP contribution is -2.13. The molecule has 0 aliphatic carbocycles. The molecule has 3 heteroatoms. The van der Waals surface area contributed by atoms with Crippen molar-refractivity contribution in [2.45, 2.75) is 32.5 Å². The molecule has 0 amide bonds. The molecule has 0 saturated carbocycles. The van der Waals surface area contributed by atoms with Crippen LogP contribution in [0, 0.1) is 0 Å². The Kier molecular flexibility index (Phi) is 6.69. The monoisotopic (exact) mass is 285 g/mol. The Bertz CT molecular complexity index is 286. The predicted octanol–water partition coefficient (Wildman–Crippen LogP) is 3.35. The van der Waals surface area contributed by atoms with E-state index in [0.29, 0.717) is 12.7 Å². The van der Waals surface area contributed by atoms with Gasteiger partial charge in [-0.05, 0) is 51.1 Å². The van der Waals surface area contributed by atoms with Gasteiger partial charge in [0.1, 0.15) is 0 Å². The zero-order valence-corrected chi connectivity index (χ0v) is 11.6. The van der Waals surface area contributed by atoms with Gasteiger partial charge in [0.25, 0.3) is 0 Å². The molecule has 1 unspecified atom stereocenters. The third-order valence-corrected chi connectivity index (χ3v) is 3.01. The molecular formula is C13H20BrNO.